The highest BCUT2D eigenvalue weighted by molar-refractivity contribution is 5.94. The van der Waals surface area contributed by atoms with Gasteiger partial charge in [-0.2, -0.15) is 0 Å². The van der Waals surface area contributed by atoms with Crippen molar-refractivity contribution in [1.82, 2.24) is 4.90 Å². The Bertz CT molecular complexity index is 770. The smallest absolute Gasteiger partial charge is 0.337 e. The van der Waals surface area contributed by atoms with E-state index in [-0.39, 0.29) is 5.97 Å². The lowest BCUT2D eigenvalue weighted by molar-refractivity contribution is -0.147. The molecule has 2 aromatic rings. The second-order valence-corrected chi connectivity index (χ2v) is 6.18. The maximum atomic E-state index is 12.4. The average Bonchev–Trinajstić information content (AvgIpc) is 2.69. The highest BCUT2D eigenvalue weighted by Crippen LogP contribution is 2.27. The third kappa shape index (κ3) is 3.70. The summed E-state index contributed by atoms with van der Waals surface area (Å²) in [6.07, 6.45) is 0. The quantitative estimate of drug-likeness (QED) is 0.832. The van der Waals surface area contributed by atoms with Gasteiger partial charge in [-0.05, 0) is 17.7 Å². The molecule has 1 aliphatic rings. The van der Waals surface area contributed by atoms with E-state index in [2.05, 4.69) is 9.80 Å². The van der Waals surface area contributed by atoms with E-state index >= 15 is 0 Å². The maximum absolute atomic E-state index is 12.4. The van der Waals surface area contributed by atoms with Crippen LogP contribution in [0, 0.1) is 0 Å². The Morgan fingerprint density at radius 1 is 0.962 bits per heavy atom. The molecule has 6 nitrogen and oxygen atoms in total. The molecule has 26 heavy (non-hydrogen) atoms. The molecule has 0 bridgehead atoms. The van der Waals surface area contributed by atoms with Gasteiger partial charge in [-0.15, -0.1) is 0 Å². The number of benzene rings is 2. The topological polar surface area (TPSA) is 70.1 Å². The molecule has 2 aromatic carbocycles. The third-order valence-corrected chi connectivity index (χ3v) is 4.69. The van der Waals surface area contributed by atoms with Gasteiger partial charge in [0.1, 0.15) is 6.04 Å². The Morgan fingerprint density at radius 2 is 1.58 bits per heavy atom. The predicted octanol–water partition coefficient (Wildman–Crippen LogP) is 2.42. The van der Waals surface area contributed by atoms with Crippen molar-refractivity contribution in [3.63, 3.8) is 0 Å². The summed E-state index contributed by atoms with van der Waals surface area (Å²) < 4.78 is 5.01. The van der Waals surface area contributed by atoms with Crippen LogP contribution in [0.25, 0.3) is 0 Å². The fourth-order valence-electron chi connectivity index (χ4n) is 3.39. The second kappa shape index (κ2) is 8.01. The normalized spacial score (nSPS) is 16.1. The van der Waals surface area contributed by atoms with E-state index in [1.165, 1.54) is 7.11 Å². The van der Waals surface area contributed by atoms with Gasteiger partial charge in [0.25, 0.3) is 0 Å². The second-order valence-electron chi connectivity index (χ2n) is 6.18. The molecule has 6 heteroatoms. The van der Waals surface area contributed by atoms with E-state index < -0.39 is 12.0 Å². The van der Waals surface area contributed by atoms with Crippen LogP contribution in [0.1, 0.15) is 22.0 Å². The van der Waals surface area contributed by atoms with Gasteiger partial charge in [-0.1, -0.05) is 42.5 Å². The number of anilines is 1. The van der Waals surface area contributed by atoms with Gasteiger partial charge in [0.15, 0.2) is 0 Å². The Hall–Kier alpha value is -2.86. The fourth-order valence-corrected chi connectivity index (χ4v) is 3.39. The van der Waals surface area contributed by atoms with Gasteiger partial charge >= 0.3 is 11.9 Å². The monoisotopic (exact) mass is 354 g/mol. The molecule has 1 saturated heterocycles. The molecule has 0 amide bonds. The van der Waals surface area contributed by atoms with Gasteiger partial charge in [-0.3, -0.25) is 4.90 Å². The van der Waals surface area contributed by atoms with Crippen LogP contribution >= 0.6 is 0 Å². The molecule has 1 aliphatic heterocycles. The highest BCUT2D eigenvalue weighted by Gasteiger charge is 2.31. The van der Waals surface area contributed by atoms with Gasteiger partial charge in [0, 0.05) is 26.2 Å². The first-order valence-corrected chi connectivity index (χ1v) is 8.56. The Labute approximate surface area is 152 Å². The van der Waals surface area contributed by atoms with Gasteiger partial charge in [0.2, 0.25) is 0 Å². The van der Waals surface area contributed by atoms with Gasteiger partial charge in [0.05, 0.1) is 18.4 Å². The minimum absolute atomic E-state index is 0.282. The van der Waals surface area contributed by atoms with E-state index in [1.807, 2.05) is 42.5 Å². The third-order valence-electron chi connectivity index (χ3n) is 4.69. The molecule has 0 radical (unpaired) electrons. The number of hydrogen-bond donors (Lipinski definition) is 1. The van der Waals surface area contributed by atoms with E-state index in [0.717, 1.165) is 5.56 Å². The Balaban J connectivity index is 1.77. The molecular formula is C20H22N2O4. The largest absolute Gasteiger partial charge is 0.478 e. The SMILES string of the molecule is COC(=O)C(c1ccccc1)N1CCN(c2ccccc2C(=O)O)CC1. The number of carboxylic acids is 1. The number of rotatable bonds is 5. The van der Waals surface area contributed by atoms with E-state index in [1.54, 1.807) is 12.1 Å². The summed E-state index contributed by atoms with van der Waals surface area (Å²) in [6.45, 7) is 2.57. The van der Waals surface area contributed by atoms with Crippen LogP contribution in [0.4, 0.5) is 5.69 Å². The van der Waals surface area contributed by atoms with Gasteiger partial charge < -0.3 is 14.7 Å². The number of piperazine rings is 1. The molecule has 1 N–H and O–H groups in total. The number of carbonyl (C=O) groups excluding carboxylic acids is 1. The number of esters is 1. The number of carboxylic acid groups (broad SMARTS) is 1. The van der Waals surface area contributed by atoms with Crippen molar-refractivity contribution >= 4 is 17.6 Å². The van der Waals surface area contributed by atoms with Crippen LogP contribution in [-0.2, 0) is 9.53 Å². The highest BCUT2D eigenvalue weighted by atomic mass is 16.5. The van der Waals surface area contributed by atoms with Crippen molar-refractivity contribution in [3.05, 3.63) is 65.7 Å². The van der Waals surface area contributed by atoms with Crippen molar-refractivity contribution in [2.24, 2.45) is 0 Å². The van der Waals surface area contributed by atoms with Crippen molar-refractivity contribution in [1.29, 1.82) is 0 Å². The summed E-state index contributed by atoms with van der Waals surface area (Å²) in [5, 5.41) is 9.39. The Morgan fingerprint density at radius 3 is 2.19 bits per heavy atom. The van der Waals surface area contributed by atoms with Crippen molar-refractivity contribution in [3.8, 4) is 0 Å². The molecule has 136 valence electrons. The fraction of sp³-hybridized carbons (Fsp3) is 0.300. The van der Waals surface area contributed by atoms with Crippen LogP contribution in [0.15, 0.2) is 54.6 Å². The number of methoxy groups -OCH3 is 1. The van der Waals surface area contributed by atoms with Crippen LogP contribution in [-0.4, -0.2) is 55.2 Å². The number of hydrogen-bond acceptors (Lipinski definition) is 5. The lowest BCUT2D eigenvalue weighted by Crippen LogP contribution is -2.49. The molecule has 1 heterocycles. The first-order chi connectivity index (χ1) is 12.6. The maximum Gasteiger partial charge on any atom is 0.337 e. The first-order valence-electron chi connectivity index (χ1n) is 8.56. The summed E-state index contributed by atoms with van der Waals surface area (Å²) in [7, 11) is 1.40. The summed E-state index contributed by atoms with van der Waals surface area (Å²) in [6, 6.07) is 16.1. The van der Waals surface area contributed by atoms with E-state index in [0.29, 0.717) is 37.4 Å². The van der Waals surface area contributed by atoms with E-state index in [4.69, 9.17) is 4.74 Å². The zero-order chi connectivity index (χ0) is 18.5. The minimum Gasteiger partial charge on any atom is -0.478 e. The minimum atomic E-state index is -0.931. The van der Waals surface area contributed by atoms with Crippen LogP contribution in [0.2, 0.25) is 0 Å². The number of nitrogens with zero attached hydrogens (tertiary/aromatic N) is 2. The molecule has 0 aromatic heterocycles. The summed E-state index contributed by atoms with van der Waals surface area (Å²) >= 11 is 0. The summed E-state index contributed by atoms with van der Waals surface area (Å²) in [5.41, 5.74) is 1.92. The standard InChI is InChI=1S/C20H22N2O4/c1-26-20(25)18(15-7-3-2-4-8-15)22-13-11-21(12-14-22)17-10-6-5-9-16(17)19(23)24/h2-10,18H,11-14H2,1H3,(H,23,24). The molecular weight excluding hydrogens is 332 g/mol. The number of aromatic carboxylic acids is 1. The van der Waals surface area contributed by atoms with Crippen LogP contribution < -0.4 is 4.90 Å². The van der Waals surface area contributed by atoms with E-state index in [9.17, 15) is 14.7 Å². The van der Waals surface area contributed by atoms with Crippen molar-refractivity contribution in [2.45, 2.75) is 6.04 Å². The Kier molecular flexibility index (Phi) is 5.53. The first kappa shape index (κ1) is 17.9. The zero-order valence-electron chi connectivity index (χ0n) is 14.7. The van der Waals surface area contributed by atoms with Crippen molar-refractivity contribution in [2.75, 3.05) is 38.2 Å². The van der Waals surface area contributed by atoms with Crippen LogP contribution in [0.3, 0.4) is 0 Å². The predicted molar refractivity (Wildman–Crippen MR) is 98.4 cm³/mol. The number of ether oxygens (including phenoxy) is 1. The number of carbonyl (C=O) groups is 2. The summed E-state index contributed by atoms with van der Waals surface area (Å²) in [4.78, 5) is 27.9. The lowest BCUT2D eigenvalue weighted by atomic mass is 10.0. The zero-order valence-corrected chi connectivity index (χ0v) is 14.7. The molecule has 3 rings (SSSR count). The molecule has 0 spiro atoms. The molecule has 0 aliphatic carbocycles. The lowest BCUT2D eigenvalue weighted by Gasteiger charge is -2.39. The molecule has 1 unspecified atom stereocenters. The molecule has 1 atom stereocenters. The molecule has 0 saturated carbocycles. The number of para-hydroxylation sites is 1. The summed E-state index contributed by atoms with van der Waals surface area (Å²) in [5.74, 6) is -1.21. The van der Waals surface area contributed by atoms with Crippen molar-refractivity contribution < 1.29 is 19.4 Å². The van der Waals surface area contributed by atoms with Crippen LogP contribution in [0.5, 0.6) is 0 Å². The average molecular weight is 354 g/mol. The molecule has 1 fully saturated rings. The van der Waals surface area contributed by atoms with Gasteiger partial charge in [-0.25, -0.2) is 9.59 Å².